The predicted octanol–water partition coefficient (Wildman–Crippen LogP) is 1.41. The summed E-state index contributed by atoms with van der Waals surface area (Å²) in [5.41, 5.74) is 0. The second-order valence-electron chi connectivity index (χ2n) is 4.18. The molecule has 2 nitrogen and oxygen atoms in total. The number of hydrogen-bond donors (Lipinski definition) is 1. The fourth-order valence-corrected chi connectivity index (χ4v) is 1.93. The van der Waals surface area contributed by atoms with E-state index in [1.807, 2.05) is 0 Å². The minimum absolute atomic E-state index is 0.796. The molecule has 1 N–H and O–H groups in total. The maximum Gasteiger partial charge on any atom is 0.0507 e. The highest BCUT2D eigenvalue weighted by Gasteiger charge is 2.18. The van der Waals surface area contributed by atoms with Crippen LogP contribution in [-0.4, -0.2) is 26.3 Å². The molecule has 2 rings (SSSR count). The molecule has 0 aromatic rings. The maximum atomic E-state index is 5.31. The van der Waals surface area contributed by atoms with Crippen molar-refractivity contribution in [3.05, 3.63) is 0 Å². The van der Waals surface area contributed by atoms with E-state index in [-0.39, 0.29) is 0 Å². The summed E-state index contributed by atoms with van der Waals surface area (Å²) in [6.45, 7) is 4.39. The molecule has 0 bridgehead atoms. The Balaban J connectivity index is 1.49. The lowest BCUT2D eigenvalue weighted by Gasteiger charge is -2.26. The van der Waals surface area contributed by atoms with E-state index in [0.29, 0.717) is 0 Å². The summed E-state index contributed by atoms with van der Waals surface area (Å²) in [7, 11) is 0. The van der Waals surface area contributed by atoms with Crippen LogP contribution in [0.2, 0.25) is 0 Å². The van der Waals surface area contributed by atoms with Gasteiger partial charge in [-0.25, -0.2) is 0 Å². The average Bonchev–Trinajstić information content (AvgIpc) is 2.46. The first-order valence-corrected chi connectivity index (χ1v) is 5.23. The predicted molar refractivity (Wildman–Crippen MR) is 49.1 cm³/mol. The Bertz CT molecular complexity index is 128. The quantitative estimate of drug-likeness (QED) is 0.687. The van der Waals surface area contributed by atoms with E-state index in [4.69, 9.17) is 4.74 Å². The lowest BCUT2D eigenvalue weighted by atomic mass is 9.85. The standard InChI is InChI=1S/C10H19NO/c1-2-9(3-1)6-11-7-10-4-5-12-8-10/h9-11H,1-8H2. The van der Waals surface area contributed by atoms with Crippen LogP contribution in [0.15, 0.2) is 0 Å². The minimum atomic E-state index is 0.796. The summed E-state index contributed by atoms with van der Waals surface area (Å²) in [6, 6.07) is 0. The molecule has 1 aliphatic heterocycles. The molecule has 0 spiro atoms. The number of hydrogen-bond acceptors (Lipinski definition) is 2. The van der Waals surface area contributed by atoms with Crippen LogP contribution < -0.4 is 5.32 Å². The Morgan fingerprint density at radius 1 is 1.08 bits per heavy atom. The van der Waals surface area contributed by atoms with Gasteiger partial charge in [-0.05, 0) is 37.6 Å². The van der Waals surface area contributed by atoms with Crippen LogP contribution in [0.1, 0.15) is 25.7 Å². The van der Waals surface area contributed by atoms with Crippen LogP contribution in [-0.2, 0) is 4.74 Å². The normalized spacial score (nSPS) is 30.5. The molecule has 2 aliphatic rings. The highest BCUT2D eigenvalue weighted by Crippen LogP contribution is 2.25. The summed E-state index contributed by atoms with van der Waals surface area (Å²) in [6.07, 6.45) is 5.62. The van der Waals surface area contributed by atoms with E-state index in [2.05, 4.69) is 5.32 Å². The fraction of sp³-hybridized carbons (Fsp3) is 1.00. The molecule has 1 heterocycles. The van der Waals surface area contributed by atoms with Crippen molar-refractivity contribution in [2.45, 2.75) is 25.7 Å². The van der Waals surface area contributed by atoms with Crippen LogP contribution >= 0.6 is 0 Å². The van der Waals surface area contributed by atoms with Gasteiger partial charge in [-0.15, -0.1) is 0 Å². The van der Waals surface area contributed by atoms with E-state index in [1.54, 1.807) is 0 Å². The first kappa shape index (κ1) is 8.52. The van der Waals surface area contributed by atoms with Crippen LogP contribution in [0.25, 0.3) is 0 Å². The molecular weight excluding hydrogens is 150 g/mol. The molecule has 70 valence electrons. The van der Waals surface area contributed by atoms with Gasteiger partial charge < -0.3 is 10.1 Å². The van der Waals surface area contributed by atoms with Gasteiger partial charge in [0, 0.05) is 13.2 Å². The van der Waals surface area contributed by atoms with E-state index >= 15 is 0 Å². The topological polar surface area (TPSA) is 21.3 Å². The van der Waals surface area contributed by atoms with Gasteiger partial charge in [-0.3, -0.25) is 0 Å². The largest absolute Gasteiger partial charge is 0.381 e. The minimum Gasteiger partial charge on any atom is -0.381 e. The van der Waals surface area contributed by atoms with Gasteiger partial charge in [-0.1, -0.05) is 6.42 Å². The second kappa shape index (κ2) is 4.24. The molecular formula is C10H19NO. The van der Waals surface area contributed by atoms with Crippen molar-refractivity contribution in [1.82, 2.24) is 5.32 Å². The van der Waals surface area contributed by atoms with Crippen LogP contribution in [0, 0.1) is 11.8 Å². The summed E-state index contributed by atoms with van der Waals surface area (Å²) < 4.78 is 5.31. The molecule has 12 heavy (non-hydrogen) atoms. The van der Waals surface area contributed by atoms with Gasteiger partial charge in [0.2, 0.25) is 0 Å². The zero-order chi connectivity index (χ0) is 8.23. The summed E-state index contributed by atoms with van der Waals surface area (Å²) in [5, 5.41) is 3.55. The van der Waals surface area contributed by atoms with Gasteiger partial charge in [-0.2, -0.15) is 0 Å². The van der Waals surface area contributed by atoms with E-state index in [9.17, 15) is 0 Å². The molecule has 1 atom stereocenters. The van der Waals surface area contributed by atoms with Crippen LogP contribution in [0.4, 0.5) is 0 Å². The zero-order valence-electron chi connectivity index (χ0n) is 7.72. The van der Waals surface area contributed by atoms with Gasteiger partial charge >= 0.3 is 0 Å². The molecule has 2 fully saturated rings. The SMILES string of the molecule is C1CC(CNCC2CCOC2)C1. The van der Waals surface area contributed by atoms with Crippen molar-refractivity contribution >= 4 is 0 Å². The smallest absolute Gasteiger partial charge is 0.0507 e. The van der Waals surface area contributed by atoms with E-state index in [0.717, 1.165) is 25.0 Å². The molecule has 0 aromatic carbocycles. The molecule has 1 saturated carbocycles. The molecule has 0 aromatic heterocycles. The molecule has 1 aliphatic carbocycles. The Morgan fingerprint density at radius 2 is 1.92 bits per heavy atom. The monoisotopic (exact) mass is 169 g/mol. The summed E-state index contributed by atoms with van der Waals surface area (Å²) in [4.78, 5) is 0. The third-order valence-corrected chi connectivity index (χ3v) is 3.11. The number of rotatable bonds is 4. The lowest BCUT2D eigenvalue weighted by Crippen LogP contribution is -2.31. The lowest BCUT2D eigenvalue weighted by molar-refractivity contribution is 0.184. The first-order valence-electron chi connectivity index (χ1n) is 5.23. The van der Waals surface area contributed by atoms with Crippen molar-refractivity contribution in [2.24, 2.45) is 11.8 Å². The number of nitrogens with one attached hydrogen (secondary N) is 1. The Morgan fingerprint density at radius 3 is 2.50 bits per heavy atom. The Labute approximate surface area is 74.7 Å². The third-order valence-electron chi connectivity index (χ3n) is 3.11. The average molecular weight is 169 g/mol. The molecule has 2 heteroatoms. The van der Waals surface area contributed by atoms with E-state index in [1.165, 1.54) is 38.8 Å². The fourth-order valence-electron chi connectivity index (χ4n) is 1.93. The Hall–Kier alpha value is -0.0800. The highest BCUT2D eigenvalue weighted by molar-refractivity contribution is 4.73. The summed E-state index contributed by atoms with van der Waals surface area (Å²) >= 11 is 0. The molecule has 1 unspecified atom stereocenters. The first-order chi connectivity index (χ1) is 5.95. The van der Waals surface area contributed by atoms with Gasteiger partial charge in [0.05, 0.1) is 6.61 Å². The summed E-state index contributed by atoms with van der Waals surface area (Å²) in [5.74, 6) is 1.79. The third kappa shape index (κ3) is 2.20. The van der Waals surface area contributed by atoms with Crippen LogP contribution in [0.5, 0.6) is 0 Å². The highest BCUT2D eigenvalue weighted by atomic mass is 16.5. The van der Waals surface area contributed by atoms with Crippen molar-refractivity contribution in [1.29, 1.82) is 0 Å². The second-order valence-corrected chi connectivity index (χ2v) is 4.18. The zero-order valence-corrected chi connectivity index (χ0v) is 7.72. The van der Waals surface area contributed by atoms with Crippen molar-refractivity contribution in [3.63, 3.8) is 0 Å². The van der Waals surface area contributed by atoms with Gasteiger partial charge in [0.25, 0.3) is 0 Å². The van der Waals surface area contributed by atoms with Gasteiger partial charge in [0.15, 0.2) is 0 Å². The number of ether oxygens (including phenoxy) is 1. The molecule has 0 amide bonds. The maximum absolute atomic E-state index is 5.31. The van der Waals surface area contributed by atoms with Gasteiger partial charge in [0.1, 0.15) is 0 Å². The van der Waals surface area contributed by atoms with Crippen molar-refractivity contribution in [2.75, 3.05) is 26.3 Å². The molecule has 1 saturated heterocycles. The van der Waals surface area contributed by atoms with Crippen molar-refractivity contribution < 1.29 is 4.74 Å². The van der Waals surface area contributed by atoms with Crippen LogP contribution in [0.3, 0.4) is 0 Å². The molecule has 0 radical (unpaired) electrons. The Kier molecular flexibility index (Phi) is 3.01. The van der Waals surface area contributed by atoms with Crippen molar-refractivity contribution in [3.8, 4) is 0 Å². The van der Waals surface area contributed by atoms with E-state index < -0.39 is 0 Å².